The Balaban J connectivity index is 0.00000200. The summed E-state index contributed by atoms with van der Waals surface area (Å²) in [5.74, 6) is 0.317. The highest BCUT2D eigenvalue weighted by Gasteiger charge is 2.24. The van der Waals surface area contributed by atoms with Gasteiger partial charge in [-0.15, -0.1) is 12.4 Å². The summed E-state index contributed by atoms with van der Waals surface area (Å²) in [5, 5.41) is 2.48. The molecular weight excluding hydrogens is 282 g/mol. The van der Waals surface area contributed by atoms with Crippen LogP contribution in [0, 0.1) is 0 Å². The minimum absolute atomic E-state index is 0. The Bertz CT molecular complexity index is 508. The number of hydrogen-bond donors (Lipinski definition) is 2. The summed E-state index contributed by atoms with van der Waals surface area (Å²) in [6.07, 6.45) is 0.795. The molecule has 1 aromatic carbocycles. The summed E-state index contributed by atoms with van der Waals surface area (Å²) in [5.41, 5.74) is 7.13. The number of fused-ring (bicyclic) bond motifs is 1. The predicted octanol–water partition coefficient (Wildman–Crippen LogP) is 0.0810. The van der Waals surface area contributed by atoms with Crippen molar-refractivity contribution in [3.05, 3.63) is 23.8 Å². The fraction of sp³-hybridized carbons (Fsp3) is 0.385. The fourth-order valence-corrected chi connectivity index (χ4v) is 2.11. The highest BCUT2D eigenvalue weighted by atomic mass is 35.5. The minimum atomic E-state index is -0.331. The molecule has 0 bridgehead atoms. The summed E-state index contributed by atoms with van der Waals surface area (Å²) in [6, 6.07) is 5.62. The summed E-state index contributed by atoms with van der Waals surface area (Å²) in [6.45, 7) is 0.488. The van der Waals surface area contributed by atoms with E-state index >= 15 is 0 Å². The van der Waals surface area contributed by atoms with Gasteiger partial charge in [0, 0.05) is 12.2 Å². The first-order valence-corrected chi connectivity index (χ1v) is 6.09. The van der Waals surface area contributed by atoms with E-state index in [0.717, 1.165) is 23.4 Å². The number of amides is 2. The Labute approximate surface area is 123 Å². The van der Waals surface area contributed by atoms with E-state index in [0.29, 0.717) is 6.54 Å². The average Bonchev–Trinajstić information content (AvgIpc) is 2.87. The maximum atomic E-state index is 12.0. The zero-order valence-corrected chi connectivity index (χ0v) is 12.0. The second-order valence-corrected chi connectivity index (χ2v) is 4.27. The fourth-order valence-electron chi connectivity index (χ4n) is 2.11. The Morgan fingerprint density at radius 2 is 2.20 bits per heavy atom. The standard InChI is InChI=1S/C13H17N3O3.ClH/c1-19-10-2-3-11-9(6-10)4-5-16(11)13(18)8-15-12(17)7-14;/h2-3,6H,4-5,7-8,14H2,1H3,(H,15,17);1H. The van der Waals surface area contributed by atoms with Crippen LogP contribution < -0.4 is 20.7 Å². The van der Waals surface area contributed by atoms with Crippen molar-refractivity contribution in [2.45, 2.75) is 6.42 Å². The average molecular weight is 300 g/mol. The summed E-state index contributed by atoms with van der Waals surface area (Å²) in [7, 11) is 1.61. The van der Waals surface area contributed by atoms with Crippen molar-refractivity contribution >= 4 is 29.9 Å². The van der Waals surface area contributed by atoms with E-state index in [-0.39, 0.29) is 37.3 Å². The SMILES string of the molecule is COc1ccc2c(c1)CCN2C(=O)CNC(=O)CN.Cl. The van der Waals surface area contributed by atoms with Gasteiger partial charge < -0.3 is 20.7 Å². The van der Waals surface area contributed by atoms with Crippen molar-refractivity contribution in [2.75, 3.05) is 31.6 Å². The van der Waals surface area contributed by atoms with Crippen molar-refractivity contribution in [1.29, 1.82) is 0 Å². The molecule has 0 atom stereocenters. The number of carbonyl (C=O) groups is 2. The van der Waals surface area contributed by atoms with E-state index < -0.39 is 0 Å². The molecule has 0 radical (unpaired) electrons. The van der Waals surface area contributed by atoms with Gasteiger partial charge in [0.1, 0.15) is 5.75 Å². The van der Waals surface area contributed by atoms with Gasteiger partial charge in [0.2, 0.25) is 11.8 Å². The van der Waals surface area contributed by atoms with Gasteiger partial charge >= 0.3 is 0 Å². The summed E-state index contributed by atoms with van der Waals surface area (Å²) in [4.78, 5) is 24.7. The molecular formula is C13H18ClN3O3. The highest BCUT2D eigenvalue weighted by Crippen LogP contribution is 2.31. The molecule has 1 heterocycles. The van der Waals surface area contributed by atoms with E-state index in [4.69, 9.17) is 10.5 Å². The zero-order chi connectivity index (χ0) is 13.8. The monoisotopic (exact) mass is 299 g/mol. The third-order valence-corrected chi connectivity index (χ3v) is 3.11. The van der Waals surface area contributed by atoms with E-state index in [9.17, 15) is 9.59 Å². The van der Waals surface area contributed by atoms with Crippen LogP contribution in [0.15, 0.2) is 18.2 Å². The molecule has 2 rings (SSSR count). The lowest BCUT2D eigenvalue weighted by Gasteiger charge is -2.17. The Morgan fingerprint density at radius 3 is 2.85 bits per heavy atom. The smallest absolute Gasteiger partial charge is 0.246 e. The van der Waals surface area contributed by atoms with Gasteiger partial charge in [-0.3, -0.25) is 9.59 Å². The van der Waals surface area contributed by atoms with Crippen LogP contribution in [-0.2, 0) is 16.0 Å². The van der Waals surface area contributed by atoms with Crippen molar-refractivity contribution < 1.29 is 14.3 Å². The molecule has 1 aliphatic rings. The number of nitrogens with two attached hydrogens (primary N) is 1. The predicted molar refractivity (Wildman–Crippen MR) is 78.4 cm³/mol. The molecule has 0 saturated carbocycles. The molecule has 7 heteroatoms. The van der Waals surface area contributed by atoms with Crippen LogP contribution in [0.25, 0.3) is 0 Å². The number of nitrogens with zero attached hydrogens (tertiary/aromatic N) is 1. The number of rotatable bonds is 4. The molecule has 0 aliphatic carbocycles. The highest BCUT2D eigenvalue weighted by molar-refractivity contribution is 5.98. The van der Waals surface area contributed by atoms with Crippen LogP contribution in [0.3, 0.4) is 0 Å². The molecule has 0 unspecified atom stereocenters. The summed E-state index contributed by atoms with van der Waals surface area (Å²) < 4.78 is 5.15. The Kier molecular flexibility index (Phi) is 5.79. The molecule has 6 nitrogen and oxygen atoms in total. The van der Waals surface area contributed by atoms with Gasteiger partial charge in [-0.2, -0.15) is 0 Å². The molecule has 20 heavy (non-hydrogen) atoms. The van der Waals surface area contributed by atoms with Crippen LogP contribution in [-0.4, -0.2) is 38.6 Å². The maximum Gasteiger partial charge on any atom is 0.246 e. The van der Waals surface area contributed by atoms with Gasteiger partial charge in [-0.1, -0.05) is 0 Å². The molecule has 0 spiro atoms. The normalized spacial score (nSPS) is 12.4. The van der Waals surface area contributed by atoms with Crippen LogP contribution in [0.1, 0.15) is 5.56 Å². The molecule has 110 valence electrons. The zero-order valence-electron chi connectivity index (χ0n) is 11.2. The van der Waals surface area contributed by atoms with Crippen LogP contribution in [0.2, 0.25) is 0 Å². The van der Waals surface area contributed by atoms with E-state index in [1.54, 1.807) is 12.0 Å². The number of ether oxygens (including phenoxy) is 1. The van der Waals surface area contributed by atoms with Crippen LogP contribution >= 0.6 is 12.4 Å². The molecule has 0 aromatic heterocycles. The maximum absolute atomic E-state index is 12.0. The van der Waals surface area contributed by atoms with Crippen LogP contribution in [0.5, 0.6) is 5.75 Å². The van der Waals surface area contributed by atoms with E-state index in [2.05, 4.69) is 5.32 Å². The molecule has 1 aliphatic heterocycles. The van der Waals surface area contributed by atoms with E-state index in [1.807, 2.05) is 18.2 Å². The Morgan fingerprint density at radius 1 is 1.45 bits per heavy atom. The van der Waals surface area contributed by atoms with Crippen molar-refractivity contribution in [2.24, 2.45) is 5.73 Å². The first kappa shape index (κ1) is 16.3. The van der Waals surface area contributed by atoms with Gasteiger partial charge in [0.05, 0.1) is 20.2 Å². The largest absolute Gasteiger partial charge is 0.497 e. The van der Waals surface area contributed by atoms with Crippen molar-refractivity contribution in [3.8, 4) is 5.75 Å². The molecule has 1 aromatic rings. The van der Waals surface area contributed by atoms with Crippen LogP contribution in [0.4, 0.5) is 5.69 Å². The van der Waals surface area contributed by atoms with Crippen molar-refractivity contribution in [1.82, 2.24) is 5.32 Å². The first-order valence-electron chi connectivity index (χ1n) is 6.09. The molecule has 3 N–H and O–H groups in total. The number of methoxy groups -OCH3 is 1. The number of anilines is 1. The van der Waals surface area contributed by atoms with Gasteiger partial charge in [0.15, 0.2) is 0 Å². The topological polar surface area (TPSA) is 84.7 Å². The number of halogens is 1. The Hall–Kier alpha value is -1.79. The molecule has 2 amide bonds. The van der Waals surface area contributed by atoms with Gasteiger partial charge in [-0.25, -0.2) is 0 Å². The quantitative estimate of drug-likeness (QED) is 0.825. The number of nitrogens with one attached hydrogen (secondary N) is 1. The molecule has 0 fully saturated rings. The lowest BCUT2D eigenvalue weighted by Crippen LogP contribution is -2.41. The van der Waals surface area contributed by atoms with Gasteiger partial charge in [-0.05, 0) is 30.2 Å². The number of hydrogen-bond acceptors (Lipinski definition) is 4. The van der Waals surface area contributed by atoms with Crippen molar-refractivity contribution in [3.63, 3.8) is 0 Å². The summed E-state index contributed by atoms with van der Waals surface area (Å²) >= 11 is 0. The lowest BCUT2D eigenvalue weighted by atomic mass is 10.1. The second-order valence-electron chi connectivity index (χ2n) is 4.27. The minimum Gasteiger partial charge on any atom is -0.497 e. The number of benzene rings is 1. The third kappa shape index (κ3) is 3.40. The second kappa shape index (κ2) is 7.12. The third-order valence-electron chi connectivity index (χ3n) is 3.11. The lowest BCUT2D eigenvalue weighted by molar-refractivity contribution is -0.124. The molecule has 0 saturated heterocycles. The van der Waals surface area contributed by atoms with E-state index in [1.165, 1.54) is 0 Å². The van der Waals surface area contributed by atoms with Gasteiger partial charge in [0.25, 0.3) is 0 Å². The first-order chi connectivity index (χ1) is 9.15. The number of carbonyl (C=O) groups excluding carboxylic acids is 2.